The van der Waals surface area contributed by atoms with E-state index in [4.69, 9.17) is 0 Å². The Bertz CT molecular complexity index is 896. The number of hydrogen-bond donors (Lipinski definition) is 5. The van der Waals surface area contributed by atoms with Crippen molar-refractivity contribution >= 4 is 11.6 Å². The molecule has 0 spiro atoms. The van der Waals surface area contributed by atoms with Crippen molar-refractivity contribution in [3.8, 4) is 0 Å². The second-order valence-electron chi connectivity index (χ2n) is 10.3. The standard InChI is InChI=1S/C22H29FO7/c1-10(24)22(30)19(3)9-14(26)21(23)15(13(19)8-20(22,4)29)17(28)16(27)12-7-11(25)5-6-18(12,21)2/h5-7,13-17,26-30H,8-9H2,1-4H3/t13-,14?,15+,16?,17?,18-,19-,20?,21+,22-/m0/s1. The summed E-state index contributed by atoms with van der Waals surface area (Å²) in [6, 6.07) is 0. The highest BCUT2D eigenvalue weighted by Crippen LogP contribution is 2.71. The lowest BCUT2D eigenvalue weighted by molar-refractivity contribution is -0.255. The van der Waals surface area contributed by atoms with Crippen molar-refractivity contribution in [2.75, 3.05) is 0 Å². The van der Waals surface area contributed by atoms with Gasteiger partial charge in [-0.25, -0.2) is 4.39 Å². The minimum absolute atomic E-state index is 0.0181. The summed E-state index contributed by atoms with van der Waals surface area (Å²) in [5.74, 6) is -3.50. The molecule has 4 aliphatic rings. The number of halogens is 1. The molecule has 0 amide bonds. The van der Waals surface area contributed by atoms with E-state index in [9.17, 15) is 35.1 Å². The minimum atomic E-state index is -2.50. The number of carbonyl (C=O) groups excluding carboxylic acids is 2. The minimum Gasteiger partial charge on any atom is -0.390 e. The Morgan fingerprint density at radius 3 is 2.30 bits per heavy atom. The third-order valence-corrected chi connectivity index (χ3v) is 8.86. The molecule has 8 heteroatoms. The van der Waals surface area contributed by atoms with E-state index in [1.54, 1.807) is 0 Å². The van der Waals surface area contributed by atoms with Crippen molar-refractivity contribution in [2.45, 2.75) is 75.7 Å². The van der Waals surface area contributed by atoms with E-state index in [0.29, 0.717) is 0 Å². The van der Waals surface area contributed by atoms with Gasteiger partial charge in [-0.1, -0.05) is 13.0 Å². The Kier molecular flexibility index (Phi) is 4.25. The average molecular weight is 424 g/mol. The second-order valence-corrected chi connectivity index (χ2v) is 10.3. The van der Waals surface area contributed by atoms with Crippen LogP contribution in [0.1, 0.15) is 40.5 Å². The molecule has 4 unspecified atom stereocenters. The summed E-state index contributed by atoms with van der Waals surface area (Å²) in [7, 11) is 0. The number of ketones is 2. The van der Waals surface area contributed by atoms with Gasteiger partial charge < -0.3 is 25.5 Å². The lowest BCUT2D eigenvalue weighted by Crippen LogP contribution is -2.74. The van der Waals surface area contributed by atoms with Gasteiger partial charge >= 0.3 is 0 Å². The van der Waals surface area contributed by atoms with Gasteiger partial charge in [0.2, 0.25) is 0 Å². The molecule has 0 aromatic heterocycles. The van der Waals surface area contributed by atoms with Crippen molar-refractivity contribution < 1.29 is 39.5 Å². The molecule has 0 aromatic carbocycles. The summed E-state index contributed by atoms with van der Waals surface area (Å²) in [5.41, 5.74) is -9.76. The summed E-state index contributed by atoms with van der Waals surface area (Å²) < 4.78 is 17.0. The summed E-state index contributed by atoms with van der Waals surface area (Å²) in [6.07, 6.45) is -2.01. The normalized spacial score (nSPS) is 57.3. The van der Waals surface area contributed by atoms with Crippen LogP contribution in [0.25, 0.3) is 0 Å². The summed E-state index contributed by atoms with van der Waals surface area (Å²) >= 11 is 0. The van der Waals surface area contributed by atoms with Crippen LogP contribution in [0.4, 0.5) is 4.39 Å². The molecule has 0 saturated heterocycles. The summed E-state index contributed by atoms with van der Waals surface area (Å²) in [4.78, 5) is 24.4. The van der Waals surface area contributed by atoms with Crippen molar-refractivity contribution in [2.24, 2.45) is 22.7 Å². The van der Waals surface area contributed by atoms with E-state index in [-0.39, 0.29) is 18.4 Å². The number of hydrogen-bond acceptors (Lipinski definition) is 7. The fourth-order valence-corrected chi connectivity index (χ4v) is 7.35. The number of allylic oxidation sites excluding steroid dienone is 3. The van der Waals surface area contributed by atoms with E-state index in [0.717, 1.165) is 13.0 Å². The molecule has 0 heterocycles. The molecule has 10 atom stereocenters. The van der Waals surface area contributed by atoms with Crippen LogP contribution < -0.4 is 0 Å². The first kappa shape index (κ1) is 21.8. The third-order valence-electron chi connectivity index (χ3n) is 8.86. The zero-order chi connectivity index (χ0) is 22.7. The van der Waals surface area contributed by atoms with E-state index < -0.39 is 69.4 Å². The zero-order valence-corrected chi connectivity index (χ0v) is 17.5. The molecule has 0 radical (unpaired) electrons. The first-order valence-electron chi connectivity index (χ1n) is 10.2. The lowest BCUT2D eigenvalue weighted by Gasteiger charge is -2.64. The summed E-state index contributed by atoms with van der Waals surface area (Å²) in [6.45, 7) is 5.40. The molecule has 30 heavy (non-hydrogen) atoms. The van der Waals surface area contributed by atoms with Gasteiger partial charge in [-0.3, -0.25) is 9.59 Å². The monoisotopic (exact) mass is 424 g/mol. The predicted molar refractivity (Wildman–Crippen MR) is 103 cm³/mol. The SMILES string of the molecule is CC(=O)[C@@]1(O)C(C)(O)C[C@H]2[C@@H]3C(O)C(O)C4=CC(=O)C=C[C@]4(C)[C@@]3(F)C(O)C[C@@]21C. The van der Waals surface area contributed by atoms with Gasteiger partial charge in [0.1, 0.15) is 6.10 Å². The smallest absolute Gasteiger partial charge is 0.178 e. The molecule has 0 bridgehead atoms. The van der Waals surface area contributed by atoms with Crippen LogP contribution in [0.2, 0.25) is 0 Å². The molecule has 166 valence electrons. The van der Waals surface area contributed by atoms with E-state index in [2.05, 4.69) is 0 Å². The molecule has 0 aliphatic heterocycles. The van der Waals surface area contributed by atoms with Gasteiger partial charge in [-0.05, 0) is 57.3 Å². The Morgan fingerprint density at radius 2 is 1.73 bits per heavy atom. The number of fused-ring (bicyclic) bond motifs is 5. The highest BCUT2D eigenvalue weighted by Gasteiger charge is 2.80. The maximum absolute atomic E-state index is 17.0. The summed E-state index contributed by atoms with van der Waals surface area (Å²) in [5, 5.41) is 55.4. The highest BCUT2D eigenvalue weighted by atomic mass is 19.1. The Hall–Kier alpha value is -1.45. The maximum atomic E-state index is 17.0. The number of Topliss-reactive ketones (excluding diaryl/α,β-unsaturated/α-hetero) is 1. The molecule has 3 fully saturated rings. The van der Waals surface area contributed by atoms with Crippen LogP contribution in [0.5, 0.6) is 0 Å². The van der Waals surface area contributed by atoms with Crippen LogP contribution in [0.15, 0.2) is 23.8 Å². The molecule has 4 aliphatic carbocycles. The highest BCUT2D eigenvalue weighted by molar-refractivity contribution is 6.01. The van der Waals surface area contributed by atoms with Crippen LogP contribution in [0.3, 0.4) is 0 Å². The van der Waals surface area contributed by atoms with Crippen molar-refractivity contribution in [3.63, 3.8) is 0 Å². The topological polar surface area (TPSA) is 135 Å². The number of carbonyl (C=O) groups is 2. The van der Waals surface area contributed by atoms with Gasteiger partial charge in [0.05, 0.1) is 17.8 Å². The molecule has 4 rings (SSSR count). The molecule has 0 aromatic rings. The van der Waals surface area contributed by atoms with Crippen LogP contribution in [0, 0.1) is 22.7 Å². The number of aliphatic hydroxyl groups excluding tert-OH is 3. The molecule has 7 nitrogen and oxygen atoms in total. The quantitative estimate of drug-likeness (QED) is 0.399. The second kappa shape index (κ2) is 5.86. The molecular formula is C22H29FO7. The Labute approximate surface area is 173 Å². The zero-order valence-electron chi connectivity index (χ0n) is 17.5. The van der Waals surface area contributed by atoms with E-state index >= 15 is 4.39 Å². The van der Waals surface area contributed by atoms with Gasteiger partial charge in [-0.2, -0.15) is 0 Å². The third kappa shape index (κ3) is 2.07. The van der Waals surface area contributed by atoms with Crippen molar-refractivity contribution in [1.29, 1.82) is 0 Å². The maximum Gasteiger partial charge on any atom is 0.178 e. The fraction of sp³-hybridized carbons (Fsp3) is 0.727. The lowest BCUT2D eigenvalue weighted by atomic mass is 9.43. The molecular weight excluding hydrogens is 395 g/mol. The largest absolute Gasteiger partial charge is 0.390 e. The van der Waals surface area contributed by atoms with Gasteiger partial charge in [0, 0.05) is 16.7 Å². The average Bonchev–Trinajstić information content (AvgIpc) is 2.80. The first-order valence-corrected chi connectivity index (χ1v) is 10.2. The van der Waals surface area contributed by atoms with Crippen molar-refractivity contribution in [1.82, 2.24) is 0 Å². The Morgan fingerprint density at radius 1 is 1.13 bits per heavy atom. The van der Waals surface area contributed by atoms with E-state index in [1.807, 2.05) is 0 Å². The molecule has 3 saturated carbocycles. The number of rotatable bonds is 1. The number of alkyl halides is 1. The number of aliphatic hydroxyl groups is 5. The van der Waals surface area contributed by atoms with Crippen LogP contribution >= 0.6 is 0 Å². The van der Waals surface area contributed by atoms with Crippen molar-refractivity contribution in [3.05, 3.63) is 23.8 Å². The molecule has 5 N–H and O–H groups in total. The van der Waals surface area contributed by atoms with Crippen LogP contribution in [-0.4, -0.2) is 72.3 Å². The first-order chi connectivity index (χ1) is 13.6. The fourth-order valence-electron chi connectivity index (χ4n) is 7.35. The van der Waals surface area contributed by atoms with E-state index in [1.165, 1.54) is 32.9 Å². The van der Waals surface area contributed by atoms with Gasteiger partial charge in [-0.15, -0.1) is 0 Å². The van der Waals surface area contributed by atoms with Gasteiger partial charge in [0.15, 0.2) is 22.8 Å². The van der Waals surface area contributed by atoms with Gasteiger partial charge in [0.25, 0.3) is 0 Å². The Balaban J connectivity index is 1.96. The predicted octanol–water partition coefficient (Wildman–Crippen LogP) is -0.0202. The van der Waals surface area contributed by atoms with Crippen LogP contribution in [-0.2, 0) is 9.59 Å².